The Morgan fingerprint density at radius 3 is 2.86 bits per heavy atom. The molecule has 2 atom stereocenters. The van der Waals surface area contributed by atoms with Crippen LogP contribution in [0.15, 0.2) is 24.5 Å². The Balaban J connectivity index is 1.34. The second-order valence-corrected chi connectivity index (χ2v) is 10.5. The van der Waals surface area contributed by atoms with E-state index in [0.29, 0.717) is 41.6 Å². The summed E-state index contributed by atoms with van der Waals surface area (Å²) < 4.78 is 35.3. The topological polar surface area (TPSA) is 184 Å². The minimum atomic E-state index is -4.76. The molecule has 15 nitrogen and oxygen atoms in total. The van der Waals surface area contributed by atoms with Gasteiger partial charge in [-0.25, -0.2) is 23.5 Å². The summed E-state index contributed by atoms with van der Waals surface area (Å²) in [4.78, 5) is 34.9. The van der Waals surface area contributed by atoms with Crippen LogP contribution in [-0.4, -0.2) is 65.6 Å². The van der Waals surface area contributed by atoms with E-state index in [1.165, 1.54) is 4.68 Å². The van der Waals surface area contributed by atoms with Crippen molar-refractivity contribution in [3.8, 4) is 0 Å². The van der Waals surface area contributed by atoms with Crippen molar-refractivity contribution in [3.05, 3.63) is 35.9 Å². The summed E-state index contributed by atoms with van der Waals surface area (Å²) in [6.07, 6.45) is 4.02. The van der Waals surface area contributed by atoms with E-state index >= 15 is 0 Å². The fraction of sp³-hybridized carbons (Fsp3) is 0.524. The Kier molecular flexibility index (Phi) is 6.91. The minimum Gasteiger partial charge on any atom is -0.444 e. The monoisotopic (exact) mass is 537 g/mol. The fourth-order valence-electron chi connectivity index (χ4n) is 3.96. The van der Waals surface area contributed by atoms with E-state index in [9.17, 15) is 19.1 Å². The Labute approximate surface area is 211 Å². The number of fused-ring (bicyclic) bond motifs is 1. The van der Waals surface area contributed by atoms with Gasteiger partial charge in [-0.1, -0.05) is 0 Å². The van der Waals surface area contributed by atoms with E-state index in [-0.39, 0.29) is 12.1 Å². The zero-order chi connectivity index (χ0) is 26.2. The number of aromatic nitrogens is 5. The Morgan fingerprint density at radius 1 is 1.32 bits per heavy atom. The number of alkyl carbamates (subject to hydrolysis) is 1. The molecule has 2 aliphatic rings. The molecule has 0 radical (unpaired) electrons. The van der Waals surface area contributed by atoms with Crippen LogP contribution in [0.25, 0.3) is 5.52 Å². The first-order valence-electron chi connectivity index (χ1n) is 11.6. The van der Waals surface area contributed by atoms with E-state index in [1.807, 2.05) is 13.0 Å². The third-order valence-electron chi connectivity index (χ3n) is 6.09. The summed E-state index contributed by atoms with van der Waals surface area (Å²) in [7, 11) is -3.19. The lowest BCUT2D eigenvalue weighted by Gasteiger charge is -2.14. The van der Waals surface area contributed by atoms with E-state index in [2.05, 4.69) is 30.3 Å². The van der Waals surface area contributed by atoms with Gasteiger partial charge in [-0.15, -0.1) is 0 Å². The Hall–Kier alpha value is -3.07. The SMILES string of the molecule is COCc1cc2c(Nc3cc([C@@H]4C[C@H](OC(=O)NC5(C)CC5)CO4)nn3COP(=O)(O)O)nccn2n1. The lowest BCUT2D eigenvalue weighted by Crippen LogP contribution is -2.37. The quantitative estimate of drug-likeness (QED) is 0.276. The van der Waals surface area contributed by atoms with Crippen molar-refractivity contribution in [2.24, 2.45) is 0 Å². The summed E-state index contributed by atoms with van der Waals surface area (Å²) in [5.41, 5.74) is 1.63. The zero-order valence-corrected chi connectivity index (χ0v) is 21.1. The molecule has 4 heterocycles. The smallest absolute Gasteiger partial charge is 0.444 e. The molecule has 1 aliphatic heterocycles. The number of anilines is 2. The van der Waals surface area contributed by atoms with E-state index in [0.717, 1.165) is 12.8 Å². The molecule has 0 spiro atoms. The van der Waals surface area contributed by atoms with Crippen molar-refractivity contribution in [2.45, 2.75) is 57.3 Å². The van der Waals surface area contributed by atoms with Gasteiger partial charge in [-0.3, -0.25) is 4.52 Å². The molecule has 1 amide bonds. The molecular formula is C21H28N7O8P. The average molecular weight is 537 g/mol. The van der Waals surface area contributed by atoms with Gasteiger partial charge in [-0.2, -0.15) is 10.2 Å². The largest absolute Gasteiger partial charge is 0.471 e. The van der Waals surface area contributed by atoms with Gasteiger partial charge in [-0.05, 0) is 25.8 Å². The molecule has 1 saturated carbocycles. The maximum Gasteiger partial charge on any atom is 0.471 e. The molecular weight excluding hydrogens is 509 g/mol. The standard InChI is InChI=1S/C21H28N7O8P/c1-21(3-4-21)24-20(29)36-14-8-17(34-11-14)15-9-18(28(26-15)12-35-37(30,31)32)23-19-16-7-13(10-33-2)25-27(16)6-5-22-19/h5-7,9,14,17H,3-4,8,10-12H2,1-2H3,(H,22,23)(H,24,29)(H2,30,31,32)/t14-,17-/m0/s1. The highest BCUT2D eigenvalue weighted by molar-refractivity contribution is 7.46. The first-order valence-corrected chi connectivity index (χ1v) is 13.1. The Morgan fingerprint density at radius 2 is 2.14 bits per heavy atom. The van der Waals surface area contributed by atoms with Crippen LogP contribution in [0.2, 0.25) is 0 Å². The third-order valence-corrected chi connectivity index (χ3v) is 6.55. The van der Waals surface area contributed by atoms with Crippen LogP contribution in [0.1, 0.15) is 43.7 Å². The number of ether oxygens (including phenoxy) is 3. The van der Waals surface area contributed by atoms with E-state index in [4.69, 9.17) is 14.2 Å². The average Bonchev–Trinajstić information content (AvgIpc) is 3.20. The van der Waals surface area contributed by atoms with Crippen LogP contribution < -0.4 is 10.6 Å². The van der Waals surface area contributed by atoms with Crippen molar-refractivity contribution in [2.75, 3.05) is 19.0 Å². The van der Waals surface area contributed by atoms with Gasteiger partial charge in [0.2, 0.25) is 0 Å². The molecule has 1 aliphatic carbocycles. The molecule has 2 fully saturated rings. The number of carbonyl (C=O) groups excluding carboxylic acids is 1. The van der Waals surface area contributed by atoms with Crippen molar-refractivity contribution in [3.63, 3.8) is 0 Å². The zero-order valence-electron chi connectivity index (χ0n) is 20.2. The highest BCUT2D eigenvalue weighted by atomic mass is 31.2. The van der Waals surface area contributed by atoms with Crippen LogP contribution in [0, 0.1) is 0 Å². The summed E-state index contributed by atoms with van der Waals surface area (Å²) in [6.45, 7) is 1.94. The van der Waals surface area contributed by atoms with Gasteiger partial charge in [0.1, 0.15) is 23.5 Å². The molecule has 16 heteroatoms. The van der Waals surface area contributed by atoms with Crippen molar-refractivity contribution in [1.29, 1.82) is 0 Å². The molecule has 200 valence electrons. The maximum absolute atomic E-state index is 12.2. The minimum absolute atomic E-state index is 0.190. The number of hydrogen-bond acceptors (Lipinski definition) is 10. The number of nitrogens with one attached hydrogen (secondary N) is 2. The number of phosphoric ester groups is 1. The van der Waals surface area contributed by atoms with Gasteiger partial charge in [0.05, 0.1) is 24.6 Å². The van der Waals surface area contributed by atoms with Crippen LogP contribution in [0.4, 0.5) is 16.4 Å². The van der Waals surface area contributed by atoms with Crippen molar-refractivity contribution >= 4 is 31.1 Å². The second kappa shape index (κ2) is 10.0. The van der Waals surface area contributed by atoms with Gasteiger partial charge in [0, 0.05) is 37.5 Å². The summed E-state index contributed by atoms with van der Waals surface area (Å²) in [6, 6.07) is 3.47. The summed E-state index contributed by atoms with van der Waals surface area (Å²) in [5, 5.41) is 14.8. The van der Waals surface area contributed by atoms with Gasteiger partial charge in [0.25, 0.3) is 0 Å². The van der Waals surface area contributed by atoms with E-state index < -0.39 is 32.9 Å². The van der Waals surface area contributed by atoms with E-state index in [1.54, 1.807) is 30.1 Å². The van der Waals surface area contributed by atoms with Crippen LogP contribution >= 0.6 is 7.82 Å². The number of carbonyl (C=O) groups is 1. The number of rotatable bonds is 10. The fourth-order valence-corrected chi connectivity index (χ4v) is 4.22. The van der Waals surface area contributed by atoms with Crippen molar-refractivity contribution < 1.29 is 37.9 Å². The molecule has 4 N–H and O–H groups in total. The maximum atomic E-state index is 12.2. The molecule has 3 aromatic heterocycles. The van der Waals surface area contributed by atoms with Gasteiger partial charge >= 0.3 is 13.9 Å². The molecule has 1 saturated heterocycles. The van der Waals surface area contributed by atoms with Crippen molar-refractivity contribution in [1.82, 2.24) is 29.7 Å². The molecule has 3 aromatic rings. The lowest BCUT2D eigenvalue weighted by molar-refractivity contribution is 0.0670. The highest BCUT2D eigenvalue weighted by Gasteiger charge is 2.40. The van der Waals surface area contributed by atoms with Gasteiger partial charge in [0.15, 0.2) is 12.5 Å². The lowest BCUT2D eigenvalue weighted by atomic mass is 10.1. The molecule has 0 bridgehead atoms. The number of amides is 1. The van der Waals surface area contributed by atoms with Crippen LogP contribution in [-0.2, 0) is 36.6 Å². The van der Waals surface area contributed by atoms with Crippen LogP contribution in [0.5, 0.6) is 0 Å². The number of hydrogen-bond donors (Lipinski definition) is 4. The third kappa shape index (κ3) is 6.26. The predicted molar refractivity (Wildman–Crippen MR) is 127 cm³/mol. The number of methoxy groups -OCH3 is 1. The van der Waals surface area contributed by atoms with Gasteiger partial charge < -0.3 is 34.6 Å². The normalized spacial score (nSPS) is 20.8. The first-order chi connectivity index (χ1) is 17.6. The second-order valence-electron chi connectivity index (χ2n) is 9.27. The number of phosphoric acid groups is 1. The first kappa shape index (κ1) is 25.6. The molecule has 37 heavy (non-hydrogen) atoms. The highest BCUT2D eigenvalue weighted by Crippen LogP contribution is 2.38. The summed E-state index contributed by atoms with van der Waals surface area (Å²) >= 11 is 0. The van der Waals surface area contributed by atoms with Crippen LogP contribution in [0.3, 0.4) is 0 Å². The Bertz CT molecular complexity index is 1330. The molecule has 0 unspecified atom stereocenters. The molecule has 5 rings (SSSR count). The number of nitrogens with zero attached hydrogens (tertiary/aromatic N) is 5. The molecule has 0 aromatic carbocycles. The summed E-state index contributed by atoms with van der Waals surface area (Å²) in [5.74, 6) is 0.783. The predicted octanol–water partition coefficient (Wildman–Crippen LogP) is 1.99.